The quantitative estimate of drug-likeness (QED) is 0.140. The van der Waals surface area contributed by atoms with Gasteiger partial charge in [-0.3, -0.25) is 28.9 Å². The number of methoxy groups -OCH3 is 2. The fourth-order valence-corrected chi connectivity index (χ4v) is 9.13. The zero-order valence-corrected chi connectivity index (χ0v) is 28.8. The maximum atomic E-state index is 14.7. The molecule has 0 radical (unpaired) electrons. The molecule has 2 saturated heterocycles. The summed E-state index contributed by atoms with van der Waals surface area (Å²) in [6.45, 7) is 1.78. The molecule has 2 aliphatic carbocycles. The molecule has 8 rings (SSSR count). The van der Waals surface area contributed by atoms with E-state index in [1.54, 1.807) is 85.8 Å². The largest absolute Gasteiger partial charge is 0.508 e. The molecular weight excluding hydrogens is 660 g/mol. The third-order valence-corrected chi connectivity index (χ3v) is 11.5. The normalized spacial score (nSPS) is 26.4. The highest BCUT2D eigenvalue weighted by atomic mass is 16.5. The Bertz CT molecular complexity index is 2160. The van der Waals surface area contributed by atoms with Crippen molar-refractivity contribution in [2.24, 2.45) is 29.1 Å². The Morgan fingerprint density at radius 2 is 1.31 bits per heavy atom. The first-order valence-corrected chi connectivity index (χ1v) is 17.3. The summed E-state index contributed by atoms with van der Waals surface area (Å²) in [7, 11) is 2.91. The summed E-state index contributed by atoms with van der Waals surface area (Å²) in [5.41, 5.74) is 1.66. The number of hydrogen-bond acceptors (Lipinski definition) is 8. The minimum absolute atomic E-state index is 0.104. The van der Waals surface area contributed by atoms with E-state index >= 15 is 0 Å². The van der Waals surface area contributed by atoms with Crippen LogP contribution < -0.4 is 19.3 Å². The number of fused-ring (bicyclic) bond motifs is 4. The number of imide groups is 2. The number of aromatic hydroxyl groups is 1. The molecular formula is C42H36N2O8. The van der Waals surface area contributed by atoms with E-state index in [-0.39, 0.29) is 47.7 Å². The summed E-state index contributed by atoms with van der Waals surface area (Å²) >= 11 is 0. The molecule has 6 atom stereocenters. The SMILES string of the molecule is COc1cc(O)cc(OC)c1C1C2=CCC3C(=O)N(c4ccc(C(=O)c5ccccc5)cc4)C(=O)C3C2CC2C(=O)N(c3ccccc3)C(=O)C21C. The van der Waals surface area contributed by atoms with Gasteiger partial charge in [0.05, 0.1) is 48.8 Å². The smallest absolute Gasteiger partial charge is 0.241 e. The number of rotatable bonds is 7. The van der Waals surface area contributed by atoms with Gasteiger partial charge in [0, 0.05) is 34.7 Å². The molecule has 52 heavy (non-hydrogen) atoms. The lowest BCUT2D eigenvalue weighted by Gasteiger charge is -2.49. The highest BCUT2D eigenvalue weighted by Gasteiger charge is 2.68. The fourth-order valence-electron chi connectivity index (χ4n) is 9.13. The predicted molar refractivity (Wildman–Crippen MR) is 191 cm³/mol. The van der Waals surface area contributed by atoms with E-state index in [1.165, 1.54) is 36.2 Å². The van der Waals surface area contributed by atoms with Gasteiger partial charge in [-0.2, -0.15) is 0 Å². The minimum atomic E-state index is -1.33. The monoisotopic (exact) mass is 696 g/mol. The van der Waals surface area contributed by atoms with Gasteiger partial charge in [-0.1, -0.05) is 60.2 Å². The van der Waals surface area contributed by atoms with Gasteiger partial charge in [0.25, 0.3) is 0 Å². The summed E-state index contributed by atoms with van der Waals surface area (Å²) in [4.78, 5) is 73.4. The number of carbonyl (C=O) groups is 5. The van der Waals surface area contributed by atoms with Gasteiger partial charge in [0.2, 0.25) is 23.6 Å². The van der Waals surface area contributed by atoms with Crippen LogP contribution in [-0.2, 0) is 19.2 Å². The minimum Gasteiger partial charge on any atom is -0.508 e. The van der Waals surface area contributed by atoms with E-state index in [9.17, 15) is 29.1 Å². The number of para-hydroxylation sites is 1. The number of ketones is 1. The maximum absolute atomic E-state index is 14.7. The molecule has 4 amide bonds. The van der Waals surface area contributed by atoms with Crippen LogP contribution >= 0.6 is 0 Å². The van der Waals surface area contributed by atoms with Crippen molar-refractivity contribution in [1.29, 1.82) is 0 Å². The van der Waals surface area contributed by atoms with E-state index in [0.717, 1.165) is 5.57 Å². The third-order valence-electron chi connectivity index (χ3n) is 11.5. The second-order valence-electron chi connectivity index (χ2n) is 14.0. The van der Waals surface area contributed by atoms with Crippen LogP contribution in [0.25, 0.3) is 0 Å². The first-order chi connectivity index (χ1) is 25.1. The number of amides is 4. The van der Waals surface area contributed by atoms with Crippen LogP contribution in [0.3, 0.4) is 0 Å². The average molecular weight is 697 g/mol. The second kappa shape index (κ2) is 12.3. The lowest BCUT2D eigenvalue weighted by atomic mass is 9.51. The Morgan fingerprint density at radius 3 is 1.92 bits per heavy atom. The lowest BCUT2D eigenvalue weighted by Crippen LogP contribution is -2.49. The van der Waals surface area contributed by atoms with E-state index in [0.29, 0.717) is 28.1 Å². The molecule has 10 heteroatoms. The van der Waals surface area contributed by atoms with Crippen LogP contribution in [0.15, 0.2) is 109 Å². The van der Waals surface area contributed by atoms with Gasteiger partial charge in [-0.05, 0) is 62.1 Å². The summed E-state index contributed by atoms with van der Waals surface area (Å²) < 4.78 is 11.6. The Kier molecular flexibility index (Phi) is 7.86. The zero-order valence-electron chi connectivity index (χ0n) is 28.8. The van der Waals surface area contributed by atoms with Gasteiger partial charge < -0.3 is 14.6 Å². The summed E-state index contributed by atoms with van der Waals surface area (Å²) in [6.07, 6.45) is 2.36. The molecule has 0 bridgehead atoms. The van der Waals surface area contributed by atoms with Crippen LogP contribution in [0.5, 0.6) is 17.2 Å². The first kappa shape index (κ1) is 33.1. The number of ether oxygens (including phenoxy) is 2. The van der Waals surface area contributed by atoms with Crippen molar-refractivity contribution >= 4 is 40.8 Å². The summed E-state index contributed by atoms with van der Waals surface area (Å²) in [5.74, 6) is -4.96. The average Bonchev–Trinajstić information content (AvgIpc) is 3.54. The number of anilines is 2. The van der Waals surface area contributed by atoms with Crippen LogP contribution in [-0.4, -0.2) is 48.7 Å². The number of allylic oxidation sites excluding steroid dienone is 2. The number of hydrogen-bond donors (Lipinski definition) is 1. The molecule has 2 aliphatic heterocycles. The highest BCUT2D eigenvalue weighted by Crippen LogP contribution is 2.65. The molecule has 262 valence electrons. The van der Waals surface area contributed by atoms with Crippen molar-refractivity contribution in [2.75, 3.05) is 24.0 Å². The molecule has 0 spiro atoms. The van der Waals surface area contributed by atoms with Crippen LogP contribution in [0.4, 0.5) is 11.4 Å². The molecule has 10 nitrogen and oxygen atoms in total. The fraction of sp³-hybridized carbons (Fsp3) is 0.262. The summed E-state index contributed by atoms with van der Waals surface area (Å²) in [6, 6.07) is 27.0. The molecule has 2 heterocycles. The van der Waals surface area contributed by atoms with Gasteiger partial charge in [-0.25, -0.2) is 4.90 Å². The van der Waals surface area contributed by atoms with E-state index < -0.39 is 46.8 Å². The van der Waals surface area contributed by atoms with Crippen molar-refractivity contribution < 1.29 is 38.6 Å². The predicted octanol–water partition coefficient (Wildman–Crippen LogP) is 6.08. The molecule has 6 unspecified atom stereocenters. The number of phenols is 1. The Hall–Kier alpha value is -6.03. The maximum Gasteiger partial charge on any atom is 0.241 e. The van der Waals surface area contributed by atoms with Crippen LogP contribution in [0.2, 0.25) is 0 Å². The number of nitrogens with zero attached hydrogens (tertiary/aromatic N) is 2. The molecule has 0 aromatic heterocycles. The molecule has 1 saturated carbocycles. The molecule has 1 N–H and O–H groups in total. The molecule has 3 fully saturated rings. The molecule has 4 aromatic carbocycles. The van der Waals surface area contributed by atoms with Gasteiger partial charge >= 0.3 is 0 Å². The molecule has 4 aromatic rings. The van der Waals surface area contributed by atoms with Gasteiger partial charge in [0.1, 0.15) is 17.2 Å². The van der Waals surface area contributed by atoms with Crippen LogP contribution in [0.1, 0.15) is 47.2 Å². The number of carbonyl (C=O) groups excluding carboxylic acids is 5. The van der Waals surface area contributed by atoms with E-state index in [4.69, 9.17) is 9.47 Å². The molecule has 4 aliphatic rings. The summed E-state index contributed by atoms with van der Waals surface area (Å²) in [5, 5.41) is 10.6. The van der Waals surface area contributed by atoms with Crippen LogP contribution in [0, 0.1) is 29.1 Å². The standard InChI is InChI=1S/C42H36N2O8/c1-42-31(39(48)44(41(42)50)25-12-8-5-9-13-25)22-30-28(36(42)35-32(51-2)20-27(45)21-33(35)52-3)18-19-29-34(30)40(49)43(38(29)47)26-16-14-24(15-17-26)37(46)23-10-6-4-7-11-23/h4-18,20-21,29-31,34,36,45H,19,22H2,1-3H3. The highest BCUT2D eigenvalue weighted by molar-refractivity contribution is 6.25. The Morgan fingerprint density at radius 1 is 0.731 bits per heavy atom. The zero-order chi connectivity index (χ0) is 36.5. The van der Waals surface area contributed by atoms with Gasteiger partial charge in [0.15, 0.2) is 5.78 Å². The van der Waals surface area contributed by atoms with Crippen molar-refractivity contribution in [3.05, 3.63) is 125 Å². The van der Waals surface area contributed by atoms with Crippen molar-refractivity contribution in [3.63, 3.8) is 0 Å². The van der Waals surface area contributed by atoms with Gasteiger partial charge in [-0.15, -0.1) is 0 Å². The topological polar surface area (TPSA) is 131 Å². The van der Waals surface area contributed by atoms with Crippen molar-refractivity contribution in [1.82, 2.24) is 0 Å². The van der Waals surface area contributed by atoms with Crippen molar-refractivity contribution in [3.8, 4) is 17.2 Å². The third kappa shape index (κ3) is 4.73. The number of benzene rings is 4. The van der Waals surface area contributed by atoms with Crippen molar-refractivity contribution in [2.45, 2.75) is 25.7 Å². The Labute approximate surface area is 300 Å². The van der Waals surface area contributed by atoms with E-state index in [1.807, 2.05) is 12.1 Å². The van der Waals surface area contributed by atoms with E-state index in [2.05, 4.69) is 0 Å². The second-order valence-corrected chi connectivity index (χ2v) is 14.0. The lowest BCUT2D eigenvalue weighted by molar-refractivity contribution is -0.131. The first-order valence-electron chi connectivity index (χ1n) is 17.3. The Balaban J connectivity index is 1.22. The number of phenolic OH excluding ortho intramolecular Hbond substituents is 1.